The lowest BCUT2D eigenvalue weighted by molar-refractivity contribution is -0.116. The van der Waals surface area contributed by atoms with Crippen molar-refractivity contribution >= 4 is 27.7 Å². The van der Waals surface area contributed by atoms with Gasteiger partial charge in [0.1, 0.15) is 5.82 Å². The van der Waals surface area contributed by atoms with Crippen LogP contribution in [-0.4, -0.2) is 24.0 Å². The first-order valence-corrected chi connectivity index (χ1v) is 6.50. The van der Waals surface area contributed by atoms with Gasteiger partial charge in [-0.25, -0.2) is 4.98 Å². The molecule has 0 radical (unpaired) electrons. The van der Waals surface area contributed by atoms with Crippen LogP contribution < -0.4 is 10.6 Å². The quantitative estimate of drug-likeness (QED) is 0.876. The number of anilines is 1. The monoisotopic (exact) mass is 299 g/mol. The number of carbonyl (C=O) groups excluding carboxylic acids is 1. The van der Waals surface area contributed by atoms with Crippen molar-refractivity contribution in [1.29, 1.82) is 0 Å². The molecule has 0 saturated heterocycles. The third-order valence-corrected chi connectivity index (χ3v) is 3.47. The second-order valence-electron chi connectivity index (χ2n) is 4.01. The minimum atomic E-state index is -0.337. The molecule has 1 aromatic rings. The highest BCUT2D eigenvalue weighted by molar-refractivity contribution is 9.10. The Labute approximate surface area is 110 Å². The minimum absolute atomic E-state index is 0.203. The molecule has 17 heavy (non-hydrogen) atoms. The Kier molecular flexibility index (Phi) is 5.41. The van der Waals surface area contributed by atoms with E-state index >= 15 is 0 Å². The van der Waals surface area contributed by atoms with Crippen LogP contribution in [-0.2, 0) is 4.79 Å². The zero-order valence-electron chi connectivity index (χ0n) is 10.2. The Morgan fingerprint density at radius 3 is 2.88 bits per heavy atom. The van der Waals surface area contributed by atoms with Crippen LogP contribution >= 0.6 is 15.9 Å². The fourth-order valence-electron chi connectivity index (χ4n) is 1.54. The van der Waals surface area contributed by atoms with Gasteiger partial charge in [0.2, 0.25) is 5.91 Å². The summed E-state index contributed by atoms with van der Waals surface area (Å²) >= 11 is 3.51. The van der Waals surface area contributed by atoms with Crippen LogP contribution in [0.5, 0.6) is 0 Å². The number of hydrogen-bond acceptors (Lipinski definition) is 3. The maximum absolute atomic E-state index is 11.1. The number of aromatic nitrogens is 1. The van der Waals surface area contributed by atoms with Crippen molar-refractivity contribution in [3.05, 3.63) is 22.3 Å². The molecule has 1 rings (SSSR count). The van der Waals surface area contributed by atoms with Gasteiger partial charge in [0.25, 0.3) is 0 Å². The van der Waals surface area contributed by atoms with Crippen molar-refractivity contribution in [3.8, 4) is 0 Å². The molecule has 5 heteroatoms. The summed E-state index contributed by atoms with van der Waals surface area (Å²) in [7, 11) is 0. The molecule has 0 aliphatic carbocycles. The van der Waals surface area contributed by atoms with Crippen molar-refractivity contribution < 1.29 is 4.79 Å². The number of pyridine rings is 1. The molecule has 1 aromatic heterocycles. The van der Waals surface area contributed by atoms with Gasteiger partial charge in [0, 0.05) is 12.7 Å². The molecule has 1 heterocycles. The summed E-state index contributed by atoms with van der Waals surface area (Å²) in [5.74, 6) is 0.452. The molecule has 0 unspecified atom stereocenters. The lowest BCUT2D eigenvalue weighted by Gasteiger charge is -2.23. The molecular formula is C12H18BrN3O. The highest BCUT2D eigenvalue weighted by atomic mass is 79.9. The molecule has 2 N–H and O–H groups in total. The van der Waals surface area contributed by atoms with E-state index in [0.717, 1.165) is 35.2 Å². The number of aryl methyl sites for hydroxylation is 1. The largest absolute Gasteiger partial charge is 0.368 e. The number of rotatable bonds is 6. The summed E-state index contributed by atoms with van der Waals surface area (Å²) in [5, 5.41) is 0. The van der Waals surface area contributed by atoms with E-state index < -0.39 is 0 Å². The zero-order chi connectivity index (χ0) is 12.8. The number of carbonyl (C=O) groups is 1. The number of nitrogens with zero attached hydrogens (tertiary/aromatic N) is 2. The van der Waals surface area contributed by atoms with Crippen molar-refractivity contribution in [2.75, 3.05) is 18.0 Å². The van der Waals surface area contributed by atoms with E-state index in [1.54, 1.807) is 6.20 Å². The first kappa shape index (κ1) is 14.0. The van der Waals surface area contributed by atoms with Crippen molar-refractivity contribution in [1.82, 2.24) is 4.98 Å². The molecular weight excluding hydrogens is 282 g/mol. The molecule has 94 valence electrons. The highest BCUT2D eigenvalue weighted by Gasteiger charge is 2.14. The normalized spacial score (nSPS) is 10.3. The van der Waals surface area contributed by atoms with E-state index in [9.17, 15) is 4.79 Å². The maximum Gasteiger partial charge on any atom is 0.236 e. The van der Waals surface area contributed by atoms with Crippen LogP contribution in [0.3, 0.4) is 0 Å². The fraction of sp³-hybridized carbons (Fsp3) is 0.500. The molecule has 4 nitrogen and oxygen atoms in total. The van der Waals surface area contributed by atoms with Crippen molar-refractivity contribution in [3.63, 3.8) is 0 Å². The lowest BCUT2D eigenvalue weighted by atomic mass is 10.2. The summed E-state index contributed by atoms with van der Waals surface area (Å²) in [5.41, 5.74) is 6.36. The minimum Gasteiger partial charge on any atom is -0.368 e. The van der Waals surface area contributed by atoms with Gasteiger partial charge >= 0.3 is 0 Å². The average Bonchev–Trinajstić information content (AvgIpc) is 2.28. The molecule has 0 atom stereocenters. The van der Waals surface area contributed by atoms with E-state index in [-0.39, 0.29) is 12.5 Å². The van der Waals surface area contributed by atoms with Crippen molar-refractivity contribution in [2.45, 2.75) is 26.7 Å². The average molecular weight is 300 g/mol. The molecule has 0 spiro atoms. The summed E-state index contributed by atoms with van der Waals surface area (Å²) < 4.78 is 0.928. The Hall–Kier alpha value is -1.10. The van der Waals surface area contributed by atoms with Gasteiger partial charge in [-0.2, -0.15) is 0 Å². The van der Waals surface area contributed by atoms with Gasteiger partial charge in [0.05, 0.1) is 11.0 Å². The number of nitrogens with two attached hydrogens (primary N) is 1. The molecule has 0 aliphatic heterocycles. The van der Waals surface area contributed by atoms with Crippen LogP contribution in [0.1, 0.15) is 25.3 Å². The second-order valence-corrected chi connectivity index (χ2v) is 4.80. The summed E-state index contributed by atoms with van der Waals surface area (Å²) in [6, 6.07) is 1.93. The second kappa shape index (κ2) is 6.59. The summed E-state index contributed by atoms with van der Waals surface area (Å²) in [6.07, 6.45) is 3.82. The third kappa shape index (κ3) is 4.00. The van der Waals surface area contributed by atoms with Crippen molar-refractivity contribution in [2.24, 2.45) is 5.73 Å². The third-order valence-electron chi connectivity index (χ3n) is 2.49. The lowest BCUT2D eigenvalue weighted by Crippen LogP contribution is -2.35. The summed E-state index contributed by atoms with van der Waals surface area (Å²) in [4.78, 5) is 17.3. The number of hydrogen-bond donors (Lipinski definition) is 1. The molecule has 0 aliphatic rings. The maximum atomic E-state index is 11.1. The van der Waals surface area contributed by atoms with E-state index in [2.05, 4.69) is 27.8 Å². The Morgan fingerprint density at radius 1 is 1.59 bits per heavy atom. The first-order valence-electron chi connectivity index (χ1n) is 5.70. The number of amides is 1. The molecule has 0 saturated carbocycles. The molecule has 1 amide bonds. The molecule has 0 fully saturated rings. The first-order chi connectivity index (χ1) is 8.06. The van der Waals surface area contributed by atoms with E-state index in [1.165, 1.54) is 0 Å². The fourth-order valence-corrected chi connectivity index (χ4v) is 2.03. The highest BCUT2D eigenvalue weighted by Crippen LogP contribution is 2.26. The van der Waals surface area contributed by atoms with Gasteiger partial charge in [-0.1, -0.05) is 13.3 Å². The van der Waals surface area contributed by atoms with Crippen LogP contribution in [0.25, 0.3) is 0 Å². The van der Waals surface area contributed by atoms with Gasteiger partial charge in [0.15, 0.2) is 0 Å². The predicted molar refractivity (Wildman–Crippen MR) is 73.0 cm³/mol. The van der Waals surface area contributed by atoms with Crippen LogP contribution in [0.4, 0.5) is 5.82 Å². The van der Waals surface area contributed by atoms with E-state index in [1.807, 2.05) is 17.9 Å². The number of primary amides is 1. The Morgan fingerprint density at radius 2 is 2.29 bits per heavy atom. The number of halogens is 1. The Balaban J connectivity index is 2.94. The van der Waals surface area contributed by atoms with Crippen LogP contribution in [0.15, 0.2) is 16.7 Å². The molecule has 0 bridgehead atoms. The zero-order valence-corrected chi connectivity index (χ0v) is 11.8. The van der Waals surface area contributed by atoms with Crippen LogP contribution in [0.2, 0.25) is 0 Å². The van der Waals surface area contributed by atoms with Gasteiger partial charge < -0.3 is 10.6 Å². The number of unbranched alkanes of at least 4 members (excludes halogenated alkanes) is 1. The smallest absolute Gasteiger partial charge is 0.236 e. The van der Waals surface area contributed by atoms with Gasteiger partial charge in [-0.05, 0) is 40.9 Å². The van der Waals surface area contributed by atoms with Gasteiger partial charge in [-0.3, -0.25) is 4.79 Å². The van der Waals surface area contributed by atoms with E-state index in [4.69, 9.17) is 5.73 Å². The topological polar surface area (TPSA) is 59.2 Å². The standard InChI is InChI=1S/C12H18BrN3O/c1-3-4-7-16(8-10(14)17)12-11(13)9(2)5-6-15-12/h5-6H,3-4,7-8H2,1-2H3,(H2,14,17). The van der Waals surface area contributed by atoms with E-state index in [0.29, 0.717) is 0 Å². The van der Waals surface area contributed by atoms with Gasteiger partial charge in [-0.15, -0.1) is 0 Å². The SMILES string of the molecule is CCCCN(CC(N)=O)c1nccc(C)c1Br. The Bertz CT molecular complexity index is 395. The summed E-state index contributed by atoms with van der Waals surface area (Å²) in [6.45, 7) is 5.10. The predicted octanol–water partition coefficient (Wildman–Crippen LogP) is 2.24. The van der Waals surface area contributed by atoms with Crippen LogP contribution in [0, 0.1) is 6.92 Å². The molecule has 0 aromatic carbocycles.